The van der Waals surface area contributed by atoms with Gasteiger partial charge >= 0.3 is 5.97 Å². The Hall–Kier alpha value is -3.36. The van der Waals surface area contributed by atoms with Crippen molar-refractivity contribution < 1.29 is 23.5 Å². The van der Waals surface area contributed by atoms with Crippen molar-refractivity contribution >= 4 is 46.3 Å². The van der Waals surface area contributed by atoms with Crippen molar-refractivity contribution in [2.75, 3.05) is 7.11 Å². The molecule has 31 heavy (non-hydrogen) atoms. The minimum absolute atomic E-state index is 0.0909. The molecular weight excluding hydrogens is 434 g/mol. The Bertz CT molecular complexity index is 1160. The van der Waals surface area contributed by atoms with Crippen molar-refractivity contribution in [3.8, 4) is 11.5 Å². The zero-order valence-corrected chi connectivity index (χ0v) is 18.1. The first-order valence-corrected chi connectivity index (χ1v) is 10.5. The van der Waals surface area contributed by atoms with Crippen LogP contribution in [0, 0.1) is 0 Å². The second-order valence-electron chi connectivity index (χ2n) is 6.53. The number of nitrogens with zero attached hydrogens (tertiary/aromatic N) is 1. The van der Waals surface area contributed by atoms with Crippen LogP contribution in [0.2, 0.25) is 0 Å². The summed E-state index contributed by atoms with van der Waals surface area (Å²) in [6.45, 7) is 0.424. The van der Waals surface area contributed by atoms with Crippen LogP contribution in [-0.4, -0.2) is 28.2 Å². The standard InChI is InChI=1S/C23H17NO5S2/c1-27-19-12-16(9-10-17(19)29-22(26)18-8-5-11-28-18)13-20-21(25)24(23(30)31-20)14-15-6-3-2-4-7-15/h2-13H,14H2,1H3/b20-13+. The van der Waals surface area contributed by atoms with Crippen LogP contribution in [0.3, 0.4) is 0 Å². The van der Waals surface area contributed by atoms with E-state index in [-0.39, 0.29) is 17.4 Å². The van der Waals surface area contributed by atoms with E-state index in [9.17, 15) is 9.59 Å². The molecule has 2 aromatic carbocycles. The smallest absolute Gasteiger partial charge is 0.379 e. The highest BCUT2D eigenvalue weighted by atomic mass is 32.2. The van der Waals surface area contributed by atoms with Gasteiger partial charge in [-0.15, -0.1) is 0 Å². The SMILES string of the molecule is COc1cc(/C=C2/SC(=S)N(Cc3ccccc3)C2=O)ccc1OC(=O)c1ccco1. The van der Waals surface area contributed by atoms with E-state index in [1.54, 1.807) is 35.2 Å². The normalized spacial score (nSPS) is 14.9. The first-order valence-electron chi connectivity index (χ1n) is 9.28. The summed E-state index contributed by atoms with van der Waals surface area (Å²) in [5.74, 6) is -0.0803. The van der Waals surface area contributed by atoms with Crippen molar-refractivity contribution in [3.63, 3.8) is 0 Å². The van der Waals surface area contributed by atoms with Gasteiger partial charge in [0.2, 0.25) is 5.76 Å². The molecule has 3 aromatic rings. The van der Waals surface area contributed by atoms with Gasteiger partial charge in [-0.3, -0.25) is 9.69 Å². The molecule has 1 aliphatic heterocycles. The Morgan fingerprint density at radius 2 is 1.94 bits per heavy atom. The molecule has 0 N–H and O–H groups in total. The van der Waals surface area contributed by atoms with Gasteiger partial charge in [0.15, 0.2) is 11.5 Å². The van der Waals surface area contributed by atoms with Gasteiger partial charge in [0.1, 0.15) is 4.32 Å². The van der Waals surface area contributed by atoms with E-state index in [1.807, 2.05) is 30.3 Å². The third-order valence-electron chi connectivity index (χ3n) is 4.47. The highest BCUT2D eigenvalue weighted by Gasteiger charge is 2.32. The number of ether oxygens (including phenoxy) is 2. The topological polar surface area (TPSA) is 69.0 Å². The molecule has 6 nitrogen and oxygen atoms in total. The number of benzene rings is 2. The number of esters is 1. The molecule has 0 saturated carbocycles. The summed E-state index contributed by atoms with van der Waals surface area (Å²) in [6, 6.07) is 17.8. The number of methoxy groups -OCH3 is 1. The van der Waals surface area contributed by atoms with E-state index >= 15 is 0 Å². The fraction of sp³-hybridized carbons (Fsp3) is 0.0870. The fourth-order valence-electron chi connectivity index (χ4n) is 2.96. The zero-order valence-electron chi connectivity index (χ0n) is 16.4. The first kappa shape index (κ1) is 20.9. The number of hydrogen-bond acceptors (Lipinski definition) is 7. The summed E-state index contributed by atoms with van der Waals surface area (Å²) >= 11 is 6.65. The molecule has 0 atom stereocenters. The van der Waals surface area contributed by atoms with Gasteiger partial charge in [0.25, 0.3) is 5.91 Å². The van der Waals surface area contributed by atoms with Crippen molar-refractivity contribution in [3.05, 3.63) is 88.7 Å². The Morgan fingerprint density at radius 1 is 1.13 bits per heavy atom. The van der Waals surface area contributed by atoms with Gasteiger partial charge in [-0.1, -0.05) is 60.4 Å². The summed E-state index contributed by atoms with van der Waals surface area (Å²) in [6.07, 6.45) is 3.13. The second kappa shape index (κ2) is 9.20. The van der Waals surface area contributed by atoms with Crippen molar-refractivity contribution in [1.29, 1.82) is 0 Å². The largest absolute Gasteiger partial charge is 0.493 e. The van der Waals surface area contributed by atoms with Gasteiger partial charge in [-0.25, -0.2) is 4.79 Å². The van der Waals surface area contributed by atoms with Crippen LogP contribution < -0.4 is 9.47 Å². The van der Waals surface area contributed by atoms with E-state index in [4.69, 9.17) is 26.1 Å². The quantitative estimate of drug-likeness (QED) is 0.228. The van der Waals surface area contributed by atoms with E-state index < -0.39 is 5.97 Å². The highest BCUT2D eigenvalue weighted by molar-refractivity contribution is 8.26. The summed E-state index contributed by atoms with van der Waals surface area (Å²) in [4.78, 5) is 27.1. The lowest BCUT2D eigenvalue weighted by atomic mass is 10.1. The summed E-state index contributed by atoms with van der Waals surface area (Å²) in [5, 5.41) is 0. The van der Waals surface area contributed by atoms with Gasteiger partial charge in [0, 0.05) is 0 Å². The Kier molecular flexibility index (Phi) is 6.20. The predicted molar refractivity (Wildman–Crippen MR) is 122 cm³/mol. The molecule has 1 saturated heterocycles. The maximum atomic E-state index is 12.9. The zero-order chi connectivity index (χ0) is 21.8. The van der Waals surface area contributed by atoms with Crippen LogP contribution >= 0.6 is 24.0 Å². The molecule has 0 bridgehead atoms. The van der Waals surface area contributed by atoms with Crippen LogP contribution in [-0.2, 0) is 11.3 Å². The van der Waals surface area contributed by atoms with Crippen molar-refractivity contribution in [2.24, 2.45) is 0 Å². The molecule has 0 aliphatic carbocycles. The molecule has 0 radical (unpaired) electrons. The molecule has 1 aliphatic rings. The molecule has 1 amide bonds. The van der Waals surface area contributed by atoms with Crippen LogP contribution in [0.1, 0.15) is 21.7 Å². The lowest BCUT2D eigenvalue weighted by Crippen LogP contribution is -2.27. The van der Waals surface area contributed by atoms with E-state index in [2.05, 4.69) is 0 Å². The molecule has 1 aromatic heterocycles. The molecule has 4 rings (SSSR count). The molecule has 1 fully saturated rings. The molecule has 156 valence electrons. The minimum atomic E-state index is -0.627. The number of amides is 1. The van der Waals surface area contributed by atoms with E-state index in [0.29, 0.717) is 21.5 Å². The number of carbonyl (C=O) groups excluding carboxylic acids is 2. The number of rotatable bonds is 6. The molecule has 0 unspecified atom stereocenters. The maximum Gasteiger partial charge on any atom is 0.379 e. The van der Waals surface area contributed by atoms with Gasteiger partial charge in [-0.05, 0) is 41.5 Å². The van der Waals surface area contributed by atoms with Gasteiger partial charge in [-0.2, -0.15) is 0 Å². The third kappa shape index (κ3) is 4.70. The summed E-state index contributed by atoms with van der Waals surface area (Å²) in [5.41, 5.74) is 1.72. The van der Waals surface area contributed by atoms with Crippen molar-refractivity contribution in [1.82, 2.24) is 4.90 Å². The Labute approximate surface area is 188 Å². The number of hydrogen-bond donors (Lipinski definition) is 0. The van der Waals surface area contributed by atoms with E-state index in [1.165, 1.54) is 31.2 Å². The maximum absolute atomic E-state index is 12.9. The second-order valence-corrected chi connectivity index (χ2v) is 8.21. The molecule has 2 heterocycles. The highest BCUT2D eigenvalue weighted by Crippen LogP contribution is 2.35. The average molecular weight is 452 g/mol. The Morgan fingerprint density at radius 3 is 2.65 bits per heavy atom. The van der Waals surface area contributed by atoms with Crippen LogP contribution in [0.25, 0.3) is 6.08 Å². The third-order valence-corrected chi connectivity index (χ3v) is 5.85. The predicted octanol–water partition coefficient (Wildman–Crippen LogP) is 4.91. The first-order chi connectivity index (χ1) is 15.0. The van der Waals surface area contributed by atoms with Crippen LogP contribution in [0.5, 0.6) is 11.5 Å². The minimum Gasteiger partial charge on any atom is -0.493 e. The lowest BCUT2D eigenvalue weighted by Gasteiger charge is -2.14. The average Bonchev–Trinajstić information content (AvgIpc) is 3.41. The van der Waals surface area contributed by atoms with Crippen LogP contribution in [0.15, 0.2) is 76.2 Å². The van der Waals surface area contributed by atoms with Gasteiger partial charge < -0.3 is 13.9 Å². The Balaban J connectivity index is 1.52. The number of thiocarbonyl (C=S) groups is 1. The molecular formula is C23H17NO5S2. The number of thioether (sulfide) groups is 1. The number of furan rings is 1. The number of carbonyl (C=O) groups is 2. The van der Waals surface area contributed by atoms with E-state index in [0.717, 1.165) is 11.1 Å². The fourth-order valence-corrected chi connectivity index (χ4v) is 4.21. The molecule has 8 heteroatoms. The van der Waals surface area contributed by atoms with Crippen molar-refractivity contribution in [2.45, 2.75) is 6.54 Å². The molecule has 0 spiro atoms. The monoisotopic (exact) mass is 451 g/mol. The van der Waals surface area contributed by atoms with Crippen LogP contribution in [0.4, 0.5) is 0 Å². The summed E-state index contributed by atoms with van der Waals surface area (Å²) < 4.78 is 16.3. The van der Waals surface area contributed by atoms with Gasteiger partial charge in [0.05, 0.1) is 24.8 Å². The summed E-state index contributed by atoms with van der Waals surface area (Å²) in [7, 11) is 1.47. The lowest BCUT2D eigenvalue weighted by molar-refractivity contribution is -0.122.